The number of nitrogens with zero attached hydrogens (tertiary/aromatic N) is 1. The molecule has 4 nitrogen and oxygen atoms in total. The Kier molecular flexibility index (Phi) is 9.33. The minimum atomic E-state index is -0.165. The molecule has 0 saturated heterocycles. The number of benzene rings is 3. The van der Waals surface area contributed by atoms with Gasteiger partial charge in [0.05, 0.1) is 12.5 Å². The van der Waals surface area contributed by atoms with Gasteiger partial charge in [-0.3, -0.25) is 4.79 Å². The number of carbonyl (C=O) groups is 1. The van der Waals surface area contributed by atoms with Crippen molar-refractivity contribution in [3.63, 3.8) is 0 Å². The Labute approximate surface area is 191 Å². The smallest absolute Gasteiger partial charge is 0.310 e. The first kappa shape index (κ1) is 23.6. The lowest BCUT2D eigenvalue weighted by atomic mass is 10.1. The molecule has 0 radical (unpaired) electrons. The predicted molar refractivity (Wildman–Crippen MR) is 129 cm³/mol. The molecule has 0 aliphatic carbocycles. The van der Waals surface area contributed by atoms with Crippen LogP contribution in [0.3, 0.4) is 0 Å². The number of hydrogen-bond donors (Lipinski definition) is 0. The molecule has 4 heteroatoms. The first-order valence-corrected chi connectivity index (χ1v) is 11.2. The zero-order chi connectivity index (χ0) is 22.6. The summed E-state index contributed by atoms with van der Waals surface area (Å²) in [5.41, 5.74) is 3.59. The molecule has 0 aromatic heterocycles. The van der Waals surface area contributed by atoms with Crippen LogP contribution in [-0.2, 0) is 22.6 Å². The molecule has 0 N–H and O–H groups in total. The van der Waals surface area contributed by atoms with E-state index in [1.165, 1.54) is 11.1 Å². The van der Waals surface area contributed by atoms with Crippen LogP contribution in [0.1, 0.15) is 30.0 Å². The van der Waals surface area contributed by atoms with E-state index in [1.807, 2.05) is 62.5 Å². The van der Waals surface area contributed by atoms with Crippen molar-refractivity contribution in [2.45, 2.75) is 26.4 Å². The summed E-state index contributed by atoms with van der Waals surface area (Å²) in [4.78, 5) is 14.4. The molecular weight excluding hydrogens is 398 g/mol. The summed E-state index contributed by atoms with van der Waals surface area (Å²) >= 11 is 0. The Morgan fingerprint density at radius 1 is 0.844 bits per heavy atom. The highest BCUT2D eigenvalue weighted by atomic mass is 16.5. The van der Waals surface area contributed by atoms with Gasteiger partial charge in [-0.15, -0.1) is 0 Å². The van der Waals surface area contributed by atoms with Crippen molar-refractivity contribution in [2.24, 2.45) is 5.92 Å². The van der Waals surface area contributed by atoms with Gasteiger partial charge in [0.15, 0.2) is 0 Å². The standard InChI is InChI=1S/C28H33NO3/c1-23(28(30)32-22-26-12-7-4-8-13-26)21-29(2)18-9-19-31-27-16-14-25(15-17-27)20-24-10-5-3-6-11-24/h3-8,10-17,23H,9,18-22H2,1-2H3. The van der Waals surface area contributed by atoms with Crippen molar-refractivity contribution in [3.05, 3.63) is 102 Å². The average molecular weight is 432 g/mol. The second-order valence-electron chi connectivity index (χ2n) is 8.26. The van der Waals surface area contributed by atoms with Gasteiger partial charge in [-0.05, 0) is 48.7 Å². The third-order valence-electron chi connectivity index (χ3n) is 5.34. The van der Waals surface area contributed by atoms with Crippen LogP contribution in [0, 0.1) is 5.92 Å². The van der Waals surface area contributed by atoms with Gasteiger partial charge in [0.2, 0.25) is 0 Å². The van der Waals surface area contributed by atoms with Crippen LogP contribution >= 0.6 is 0 Å². The fourth-order valence-corrected chi connectivity index (χ4v) is 3.56. The van der Waals surface area contributed by atoms with Gasteiger partial charge in [0, 0.05) is 13.1 Å². The Morgan fingerprint density at radius 2 is 1.44 bits per heavy atom. The molecule has 0 aliphatic heterocycles. The third-order valence-corrected chi connectivity index (χ3v) is 5.34. The van der Waals surface area contributed by atoms with Crippen LogP contribution < -0.4 is 4.74 Å². The minimum absolute atomic E-state index is 0.160. The molecule has 3 rings (SSSR count). The molecule has 0 spiro atoms. The molecule has 0 bridgehead atoms. The van der Waals surface area contributed by atoms with E-state index >= 15 is 0 Å². The number of esters is 1. The van der Waals surface area contributed by atoms with E-state index in [0.29, 0.717) is 19.8 Å². The topological polar surface area (TPSA) is 38.8 Å². The molecule has 1 atom stereocenters. The molecule has 1 unspecified atom stereocenters. The second kappa shape index (κ2) is 12.7. The van der Waals surface area contributed by atoms with Gasteiger partial charge in [-0.25, -0.2) is 0 Å². The van der Waals surface area contributed by atoms with Crippen molar-refractivity contribution in [1.82, 2.24) is 4.90 Å². The molecule has 168 valence electrons. The highest BCUT2D eigenvalue weighted by Crippen LogP contribution is 2.15. The van der Waals surface area contributed by atoms with Gasteiger partial charge in [-0.2, -0.15) is 0 Å². The molecule has 0 heterocycles. The van der Waals surface area contributed by atoms with Crippen molar-refractivity contribution >= 4 is 5.97 Å². The summed E-state index contributed by atoms with van der Waals surface area (Å²) in [6.45, 7) is 4.42. The molecule has 3 aromatic rings. The maximum absolute atomic E-state index is 12.2. The SMILES string of the molecule is CC(CN(C)CCCOc1ccc(Cc2ccccc2)cc1)C(=O)OCc1ccccc1. The van der Waals surface area contributed by atoms with Crippen molar-refractivity contribution in [3.8, 4) is 5.75 Å². The number of rotatable bonds is 12. The van der Waals surface area contributed by atoms with E-state index in [-0.39, 0.29) is 11.9 Å². The second-order valence-corrected chi connectivity index (χ2v) is 8.26. The lowest BCUT2D eigenvalue weighted by molar-refractivity contribution is -0.149. The summed E-state index contributed by atoms with van der Waals surface area (Å²) in [5, 5.41) is 0. The predicted octanol–water partition coefficient (Wildman–Crippen LogP) is 5.36. The quantitative estimate of drug-likeness (QED) is 0.286. The van der Waals surface area contributed by atoms with Gasteiger partial charge in [0.1, 0.15) is 12.4 Å². The van der Waals surface area contributed by atoms with E-state index in [2.05, 4.69) is 41.3 Å². The maximum atomic E-state index is 12.2. The third kappa shape index (κ3) is 8.20. The van der Waals surface area contributed by atoms with E-state index in [1.54, 1.807) is 0 Å². The molecule has 0 saturated carbocycles. The van der Waals surface area contributed by atoms with Crippen molar-refractivity contribution in [2.75, 3.05) is 26.7 Å². The number of ether oxygens (including phenoxy) is 2. The summed E-state index contributed by atoms with van der Waals surface area (Å²) in [7, 11) is 2.03. The maximum Gasteiger partial charge on any atom is 0.310 e. The van der Waals surface area contributed by atoms with Crippen LogP contribution in [0.2, 0.25) is 0 Å². The van der Waals surface area contributed by atoms with Crippen LogP contribution in [0.5, 0.6) is 5.75 Å². The zero-order valence-electron chi connectivity index (χ0n) is 19.1. The molecule has 3 aromatic carbocycles. The van der Waals surface area contributed by atoms with Crippen LogP contribution in [0.15, 0.2) is 84.9 Å². The van der Waals surface area contributed by atoms with E-state index in [9.17, 15) is 4.79 Å². The first-order valence-electron chi connectivity index (χ1n) is 11.2. The van der Waals surface area contributed by atoms with Crippen molar-refractivity contribution in [1.29, 1.82) is 0 Å². The number of hydrogen-bond acceptors (Lipinski definition) is 4. The molecule has 32 heavy (non-hydrogen) atoms. The van der Waals surface area contributed by atoms with E-state index in [4.69, 9.17) is 9.47 Å². The Bertz CT molecular complexity index is 926. The lowest BCUT2D eigenvalue weighted by Gasteiger charge is -2.20. The minimum Gasteiger partial charge on any atom is -0.494 e. The van der Waals surface area contributed by atoms with Gasteiger partial charge >= 0.3 is 5.97 Å². The summed E-state index contributed by atoms with van der Waals surface area (Å²) in [6.07, 6.45) is 1.83. The Morgan fingerprint density at radius 3 is 2.09 bits per heavy atom. The van der Waals surface area contributed by atoms with E-state index in [0.717, 1.165) is 30.7 Å². The van der Waals surface area contributed by atoms with Gasteiger partial charge in [-0.1, -0.05) is 79.7 Å². The highest BCUT2D eigenvalue weighted by molar-refractivity contribution is 5.72. The Hall–Kier alpha value is -3.11. The fraction of sp³-hybridized carbons (Fsp3) is 0.321. The van der Waals surface area contributed by atoms with Crippen LogP contribution in [0.25, 0.3) is 0 Å². The largest absolute Gasteiger partial charge is 0.494 e. The van der Waals surface area contributed by atoms with Gasteiger partial charge in [0.25, 0.3) is 0 Å². The Balaban J connectivity index is 1.30. The molecule has 0 aliphatic rings. The van der Waals surface area contributed by atoms with E-state index < -0.39 is 0 Å². The molecule has 0 amide bonds. The van der Waals surface area contributed by atoms with Crippen molar-refractivity contribution < 1.29 is 14.3 Å². The fourth-order valence-electron chi connectivity index (χ4n) is 3.56. The highest BCUT2D eigenvalue weighted by Gasteiger charge is 2.16. The van der Waals surface area contributed by atoms with Gasteiger partial charge < -0.3 is 14.4 Å². The summed E-state index contributed by atoms with van der Waals surface area (Å²) < 4.78 is 11.3. The summed E-state index contributed by atoms with van der Waals surface area (Å²) in [6, 6.07) is 28.5. The average Bonchev–Trinajstić information content (AvgIpc) is 2.82. The lowest BCUT2D eigenvalue weighted by Crippen LogP contribution is -2.31. The normalized spacial score (nSPS) is 11.8. The monoisotopic (exact) mass is 431 g/mol. The van der Waals surface area contributed by atoms with Crippen LogP contribution in [-0.4, -0.2) is 37.6 Å². The molecule has 0 fully saturated rings. The summed E-state index contributed by atoms with van der Waals surface area (Å²) in [5.74, 6) is 0.566. The van der Waals surface area contributed by atoms with Crippen LogP contribution in [0.4, 0.5) is 0 Å². The number of carbonyl (C=O) groups excluding carboxylic acids is 1. The molecular formula is C28H33NO3. The zero-order valence-corrected chi connectivity index (χ0v) is 19.1. The first-order chi connectivity index (χ1) is 15.6.